The van der Waals surface area contributed by atoms with Crippen molar-refractivity contribution in [3.8, 4) is 5.75 Å². The second-order valence-corrected chi connectivity index (χ2v) is 5.60. The lowest BCUT2D eigenvalue weighted by Crippen LogP contribution is -2.31. The Balaban J connectivity index is 2.24. The van der Waals surface area contributed by atoms with Crippen LogP contribution in [0.15, 0.2) is 12.1 Å². The van der Waals surface area contributed by atoms with E-state index in [1.54, 1.807) is 0 Å². The Bertz CT molecular complexity index is 431. The summed E-state index contributed by atoms with van der Waals surface area (Å²) in [5.74, 6) is 1.02. The highest BCUT2D eigenvalue weighted by Crippen LogP contribution is 2.34. The van der Waals surface area contributed by atoms with Crippen LogP contribution in [0.5, 0.6) is 5.75 Å². The van der Waals surface area contributed by atoms with Gasteiger partial charge in [0.05, 0.1) is 6.61 Å². The molecule has 1 heterocycles. The third-order valence-electron chi connectivity index (χ3n) is 3.94. The fourth-order valence-electron chi connectivity index (χ4n) is 2.63. The van der Waals surface area contributed by atoms with Crippen LogP contribution in [0, 0.1) is 13.8 Å². The number of benzene rings is 1. The molecule has 106 valence electrons. The number of ether oxygens (including phenoxy) is 1. The van der Waals surface area contributed by atoms with Crippen molar-refractivity contribution in [3.05, 3.63) is 28.8 Å². The van der Waals surface area contributed by atoms with Crippen LogP contribution in [-0.2, 0) is 0 Å². The quantitative estimate of drug-likeness (QED) is 0.877. The van der Waals surface area contributed by atoms with Crippen LogP contribution in [0.1, 0.15) is 48.9 Å². The van der Waals surface area contributed by atoms with Crippen molar-refractivity contribution in [2.24, 2.45) is 0 Å². The lowest BCUT2D eigenvalue weighted by Gasteiger charge is -2.23. The van der Waals surface area contributed by atoms with E-state index in [1.807, 2.05) is 0 Å². The van der Waals surface area contributed by atoms with Crippen LogP contribution >= 0.6 is 0 Å². The van der Waals surface area contributed by atoms with E-state index in [4.69, 9.17) is 9.84 Å². The van der Waals surface area contributed by atoms with Gasteiger partial charge in [-0.1, -0.05) is 6.07 Å². The maximum absolute atomic E-state index is 9.03. The second-order valence-electron chi connectivity index (χ2n) is 5.60. The van der Waals surface area contributed by atoms with E-state index in [0.717, 1.165) is 31.6 Å². The minimum Gasteiger partial charge on any atom is -0.493 e. The summed E-state index contributed by atoms with van der Waals surface area (Å²) in [6, 6.07) is 5.06. The second kappa shape index (κ2) is 6.40. The maximum Gasteiger partial charge on any atom is 0.124 e. The number of aliphatic hydroxyl groups is 1. The SMILES string of the molecule is Cc1cc2c(cc1C)C(N[C@H](C)CCO)CCCO2. The molecular formula is C16H25NO2. The van der Waals surface area contributed by atoms with Crippen LogP contribution in [0.4, 0.5) is 0 Å². The van der Waals surface area contributed by atoms with E-state index in [2.05, 4.69) is 38.2 Å². The number of hydrogen-bond donors (Lipinski definition) is 2. The van der Waals surface area contributed by atoms with Crippen molar-refractivity contribution in [2.45, 2.75) is 52.1 Å². The van der Waals surface area contributed by atoms with Gasteiger partial charge in [-0.2, -0.15) is 0 Å². The zero-order chi connectivity index (χ0) is 13.8. The first-order valence-corrected chi connectivity index (χ1v) is 7.22. The maximum atomic E-state index is 9.03. The van der Waals surface area contributed by atoms with E-state index in [1.165, 1.54) is 16.7 Å². The Morgan fingerprint density at radius 1 is 1.37 bits per heavy atom. The zero-order valence-corrected chi connectivity index (χ0v) is 12.2. The molecule has 19 heavy (non-hydrogen) atoms. The lowest BCUT2D eigenvalue weighted by molar-refractivity contribution is 0.261. The molecular weight excluding hydrogens is 238 g/mol. The minimum atomic E-state index is 0.233. The number of rotatable bonds is 4. The van der Waals surface area contributed by atoms with Gasteiger partial charge in [0.2, 0.25) is 0 Å². The molecule has 2 atom stereocenters. The third-order valence-corrected chi connectivity index (χ3v) is 3.94. The largest absolute Gasteiger partial charge is 0.493 e. The lowest BCUT2D eigenvalue weighted by atomic mass is 9.96. The van der Waals surface area contributed by atoms with Crippen LogP contribution in [0.2, 0.25) is 0 Å². The molecule has 0 aromatic heterocycles. The highest BCUT2D eigenvalue weighted by molar-refractivity contribution is 5.44. The smallest absolute Gasteiger partial charge is 0.124 e. The number of fused-ring (bicyclic) bond motifs is 1. The Morgan fingerprint density at radius 2 is 2.11 bits per heavy atom. The normalized spacial score (nSPS) is 20.3. The average molecular weight is 263 g/mol. The fraction of sp³-hybridized carbons (Fsp3) is 0.625. The molecule has 1 aliphatic heterocycles. The van der Waals surface area contributed by atoms with Crippen LogP contribution in [0.25, 0.3) is 0 Å². The van der Waals surface area contributed by atoms with Crippen molar-refractivity contribution < 1.29 is 9.84 Å². The molecule has 1 unspecified atom stereocenters. The van der Waals surface area contributed by atoms with Gasteiger partial charge in [0.1, 0.15) is 5.75 Å². The molecule has 1 aromatic rings. The van der Waals surface area contributed by atoms with Crippen molar-refractivity contribution in [3.63, 3.8) is 0 Å². The van der Waals surface area contributed by atoms with Gasteiger partial charge in [0.25, 0.3) is 0 Å². The first kappa shape index (κ1) is 14.4. The third kappa shape index (κ3) is 3.48. The number of hydrogen-bond acceptors (Lipinski definition) is 3. The predicted octanol–water partition coefficient (Wildman–Crippen LogP) is 2.88. The molecule has 1 aliphatic rings. The topological polar surface area (TPSA) is 41.5 Å². The molecule has 0 saturated heterocycles. The molecule has 0 spiro atoms. The molecule has 2 N–H and O–H groups in total. The molecule has 0 radical (unpaired) electrons. The monoisotopic (exact) mass is 263 g/mol. The Kier molecular flexibility index (Phi) is 4.83. The van der Waals surface area contributed by atoms with E-state index < -0.39 is 0 Å². The molecule has 0 bridgehead atoms. The zero-order valence-electron chi connectivity index (χ0n) is 12.2. The molecule has 3 nitrogen and oxygen atoms in total. The fourth-order valence-corrected chi connectivity index (χ4v) is 2.63. The Hall–Kier alpha value is -1.06. The standard InChI is InChI=1S/C16H25NO2/c1-11-9-14-15(17-13(3)6-7-18)5-4-8-19-16(14)10-12(11)2/h9-10,13,15,17-18H,4-8H2,1-3H3/t13-,15?/m1/s1. The molecule has 3 heteroatoms. The van der Waals surface area contributed by atoms with Gasteiger partial charge < -0.3 is 15.2 Å². The van der Waals surface area contributed by atoms with Gasteiger partial charge in [-0.05, 0) is 57.2 Å². The first-order chi connectivity index (χ1) is 9.11. The summed E-state index contributed by atoms with van der Waals surface area (Å²) in [5.41, 5.74) is 3.86. The summed E-state index contributed by atoms with van der Waals surface area (Å²) in [5, 5.41) is 12.7. The van der Waals surface area contributed by atoms with Crippen molar-refractivity contribution in [1.29, 1.82) is 0 Å². The molecule has 0 fully saturated rings. The summed E-state index contributed by atoms with van der Waals surface area (Å²) >= 11 is 0. The summed E-state index contributed by atoms with van der Waals surface area (Å²) in [4.78, 5) is 0. The molecule has 2 rings (SSSR count). The number of nitrogens with one attached hydrogen (secondary N) is 1. The van der Waals surface area contributed by atoms with Gasteiger partial charge in [-0.25, -0.2) is 0 Å². The van der Waals surface area contributed by atoms with Crippen molar-refractivity contribution in [2.75, 3.05) is 13.2 Å². The highest BCUT2D eigenvalue weighted by atomic mass is 16.5. The van der Waals surface area contributed by atoms with Gasteiger partial charge in [0.15, 0.2) is 0 Å². The first-order valence-electron chi connectivity index (χ1n) is 7.22. The molecule has 0 aliphatic carbocycles. The summed E-state index contributed by atoms with van der Waals surface area (Å²) in [6.07, 6.45) is 2.94. The highest BCUT2D eigenvalue weighted by Gasteiger charge is 2.21. The van der Waals surface area contributed by atoms with Crippen molar-refractivity contribution >= 4 is 0 Å². The van der Waals surface area contributed by atoms with Crippen molar-refractivity contribution in [1.82, 2.24) is 5.32 Å². The van der Waals surface area contributed by atoms with Crippen LogP contribution in [0.3, 0.4) is 0 Å². The van der Waals surface area contributed by atoms with Gasteiger partial charge in [-0.3, -0.25) is 0 Å². The van der Waals surface area contributed by atoms with Gasteiger partial charge >= 0.3 is 0 Å². The average Bonchev–Trinajstić information content (AvgIpc) is 2.54. The van der Waals surface area contributed by atoms with Gasteiger partial charge in [0, 0.05) is 24.3 Å². The van der Waals surface area contributed by atoms with Gasteiger partial charge in [-0.15, -0.1) is 0 Å². The predicted molar refractivity (Wildman–Crippen MR) is 77.7 cm³/mol. The molecule has 0 amide bonds. The molecule has 0 saturated carbocycles. The summed E-state index contributed by atoms with van der Waals surface area (Å²) < 4.78 is 5.87. The van der Waals surface area contributed by atoms with Crippen LogP contribution < -0.4 is 10.1 Å². The van der Waals surface area contributed by atoms with E-state index in [0.29, 0.717) is 12.1 Å². The molecule has 1 aromatic carbocycles. The van der Waals surface area contributed by atoms with Crippen LogP contribution in [-0.4, -0.2) is 24.4 Å². The van der Waals surface area contributed by atoms with E-state index in [9.17, 15) is 0 Å². The van der Waals surface area contributed by atoms with E-state index in [-0.39, 0.29) is 6.61 Å². The number of aliphatic hydroxyl groups excluding tert-OH is 1. The Labute approximate surface area is 116 Å². The Morgan fingerprint density at radius 3 is 2.84 bits per heavy atom. The minimum absolute atomic E-state index is 0.233. The summed E-state index contributed by atoms with van der Waals surface area (Å²) in [7, 11) is 0. The number of aryl methyl sites for hydroxylation is 2. The van der Waals surface area contributed by atoms with E-state index >= 15 is 0 Å². The summed E-state index contributed by atoms with van der Waals surface area (Å²) in [6.45, 7) is 7.43.